The Kier molecular flexibility index (Phi) is 4.32. The summed E-state index contributed by atoms with van der Waals surface area (Å²) in [4.78, 5) is 0. The van der Waals surface area contributed by atoms with Crippen molar-refractivity contribution < 1.29 is 0 Å². The van der Waals surface area contributed by atoms with E-state index in [0.717, 1.165) is 11.1 Å². The van der Waals surface area contributed by atoms with Crippen LogP contribution in [0.2, 0.25) is 0 Å². The highest BCUT2D eigenvalue weighted by atomic mass is 14.4. The summed E-state index contributed by atoms with van der Waals surface area (Å²) in [5, 5.41) is 8.58. The van der Waals surface area contributed by atoms with Crippen molar-refractivity contribution in [2.45, 2.75) is 47.5 Å². The first-order valence-corrected chi connectivity index (χ1v) is 7.59. The third-order valence-electron chi connectivity index (χ3n) is 4.23. The topological polar surface area (TPSA) is 23.9 Å². The zero-order valence-corrected chi connectivity index (χ0v) is 14.0. The highest BCUT2D eigenvalue weighted by Gasteiger charge is 2.13. The second-order valence-corrected chi connectivity index (χ2v) is 6.36. The van der Waals surface area contributed by atoms with Crippen LogP contribution < -0.4 is 0 Å². The summed E-state index contributed by atoms with van der Waals surface area (Å²) < 4.78 is 0. The summed E-state index contributed by atoms with van der Waals surface area (Å²) in [7, 11) is 0. The number of aryl methyl sites for hydroxylation is 2. The number of rotatable bonds is 3. The van der Waals surface area contributed by atoms with Gasteiger partial charge in [-0.3, -0.25) is 5.41 Å². The van der Waals surface area contributed by atoms with Crippen LogP contribution in [0.15, 0.2) is 30.3 Å². The van der Waals surface area contributed by atoms with Crippen molar-refractivity contribution in [1.82, 2.24) is 0 Å². The largest absolute Gasteiger partial charge is 0.300 e. The van der Waals surface area contributed by atoms with Crippen LogP contribution in [0.4, 0.5) is 0 Å². The molecule has 2 rings (SSSR count). The Morgan fingerprint density at radius 2 is 1.43 bits per heavy atom. The van der Waals surface area contributed by atoms with Crippen molar-refractivity contribution in [1.29, 1.82) is 5.41 Å². The fourth-order valence-corrected chi connectivity index (χ4v) is 3.01. The van der Waals surface area contributed by atoms with Gasteiger partial charge in [0.05, 0.1) is 5.71 Å². The van der Waals surface area contributed by atoms with Gasteiger partial charge in [0.25, 0.3) is 0 Å². The molecule has 0 aromatic heterocycles. The molecule has 0 aliphatic heterocycles. The molecule has 0 radical (unpaired) electrons. The molecule has 1 nitrogen and oxygen atoms in total. The van der Waals surface area contributed by atoms with Gasteiger partial charge < -0.3 is 0 Å². The van der Waals surface area contributed by atoms with E-state index in [1.807, 2.05) is 0 Å². The van der Waals surface area contributed by atoms with Crippen molar-refractivity contribution in [2.24, 2.45) is 0 Å². The van der Waals surface area contributed by atoms with E-state index in [4.69, 9.17) is 5.41 Å². The van der Waals surface area contributed by atoms with Crippen LogP contribution in [0.25, 0.3) is 0 Å². The summed E-state index contributed by atoms with van der Waals surface area (Å²) in [5.41, 5.74) is 9.02. The molecule has 2 aromatic carbocycles. The van der Waals surface area contributed by atoms with Crippen LogP contribution in [-0.2, 0) is 0 Å². The van der Waals surface area contributed by atoms with E-state index in [1.165, 1.54) is 27.8 Å². The van der Waals surface area contributed by atoms with Crippen molar-refractivity contribution in [2.75, 3.05) is 0 Å². The normalized spacial score (nSPS) is 11.0. The zero-order valence-electron chi connectivity index (χ0n) is 14.0. The molecular weight excluding hydrogens is 254 g/mol. The maximum absolute atomic E-state index is 8.58. The summed E-state index contributed by atoms with van der Waals surface area (Å²) >= 11 is 0. The summed E-state index contributed by atoms with van der Waals surface area (Å²) in [5.74, 6) is 0.521. The molecule has 0 atom stereocenters. The number of hydrogen-bond donors (Lipinski definition) is 1. The zero-order chi connectivity index (χ0) is 15.7. The van der Waals surface area contributed by atoms with Crippen LogP contribution in [0.1, 0.15) is 58.7 Å². The minimum atomic E-state index is 0.521. The van der Waals surface area contributed by atoms with Crippen molar-refractivity contribution in [3.05, 3.63) is 69.3 Å². The monoisotopic (exact) mass is 279 g/mol. The molecule has 21 heavy (non-hydrogen) atoms. The number of nitrogens with one attached hydrogen (secondary N) is 1. The van der Waals surface area contributed by atoms with E-state index < -0.39 is 0 Å². The van der Waals surface area contributed by atoms with E-state index in [1.54, 1.807) is 0 Å². The second-order valence-electron chi connectivity index (χ2n) is 6.36. The van der Waals surface area contributed by atoms with Gasteiger partial charge in [0.2, 0.25) is 0 Å². The van der Waals surface area contributed by atoms with E-state index in [2.05, 4.69) is 71.9 Å². The first-order chi connectivity index (χ1) is 9.81. The van der Waals surface area contributed by atoms with Crippen molar-refractivity contribution in [3.63, 3.8) is 0 Å². The molecule has 0 aliphatic carbocycles. The fraction of sp³-hybridized carbons (Fsp3) is 0.350. The first kappa shape index (κ1) is 15.5. The maximum Gasteiger partial charge on any atom is 0.0687 e. The van der Waals surface area contributed by atoms with Gasteiger partial charge in [-0.2, -0.15) is 0 Å². The summed E-state index contributed by atoms with van der Waals surface area (Å²) in [6, 6.07) is 10.6. The van der Waals surface area contributed by atoms with E-state index in [0.29, 0.717) is 11.6 Å². The van der Waals surface area contributed by atoms with Crippen LogP contribution >= 0.6 is 0 Å². The van der Waals surface area contributed by atoms with Gasteiger partial charge in [-0.05, 0) is 62.4 Å². The quantitative estimate of drug-likeness (QED) is 0.721. The van der Waals surface area contributed by atoms with E-state index in [9.17, 15) is 0 Å². The summed E-state index contributed by atoms with van der Waals surface area (Å²) in [6.07, 6.45) is 0. The van der Waals surface area contributed by atoms with Gasteiger partial charge in [-0.15, -0.1) is 0 Å². The minimum Gasteiger partial charge on any atom is -0.300 e. The second kappa shape index (κ2) is 5.85. The molecule has 0 unspecified atom stereocenters. The molecule has 1 heteroatoms. The lowest BCUT2D eigenvalue weighted by Gasteiger charge is -2.17. The summed E-state index contributed by atoms with van der Waals surface area (Å²) in [6.45, 7) is 12.9. The predicted molar refractivity (Wildman–Crippen MR) is 91.9 cm³/mol. The van der Waals surface area contributed by atoms with Gasteiger partial charge in [0, 0.05) is 11.1 Å². The highest BCUT2D eigenvalue weighted by Crippen LogP contribution is 2.26. The lowest BCUT2D eigenvalue weighted by Crippen LogP contribution is -2.07. The Hall–Kier alpha value is -1.89. The van der Waals surface area contributed by atoms with Gasteiger partial charge in [0.15, 0.2) is 0 Å². The molecule has 0 saturated carbocycles. The Morgan fingerprint density at radius 1 is 0.857 bits per heavy atom. The van der Waals surface area contributed by atoms with Gasteiger partial charge in [-0.1, -0.05) is 43.2 Å². The van der Waals surface area contributed by atoms with Crippen LogP contribution in [0.3, 0.4) is 0 Å². The average Bonchev–Trinajstić information content (AvgIpc) is 2.39. The Bertz CT molecular complexity index is 673. The van der Waals surface area contributed by atoms with Crippen molar-refractivity contribution >= 4 is 5.71 Å². The van der Waals surface area contributed by atoms with Crippen LogP contribution in [-0.4, -0.2) is 5.71 Å². The van der Waals surface area contributed by atoms with E-state index in [-0.39, 0.29) is 0 Å². The third kappa shape index (κ3) is 3.07. The third-order valence-corrected chi connectivity index (χ3v) is 4.23. The molecule has 0 amide bonds. The Balaban J connectivity index is 2.51. The van der Waals surface area contributed by atoms with E-state index >= 15 is 0 Å². The van der Waals surface area contributed by atoms with Gasteiger partial charge in [-0.25, -0.2) is 0 Å². The van der Waals surface area contributed by atoms with Gasteiger partial charge >= 0.3 is 0 Å². The lowest BCUT2D eigenvalue weighted by atomic mass is 9.88. The van der Waals surface area contributed by atoms with Gasteiger partial charge in [0.1, 0.15) is 0 Å². The lowest BCUT2D eigenvalue weighted by molar-refractivity contribution is 0.853. The van der Waals surface area contributed by atoms with Crippen LogP contribution in [0.5, 0.6) is 0 Å². The first-order valence-electron chi connectivity index (χ1n) is 7.59. The standard InChI is InChI=1S/C20H25N/c1-12(2)18-7-8-19(16(6)15(18)5)20(21)17-10-13(3)9-14(4)11-17/h7-12,21H,1-6H3. The predicted octanol–water partition coefficient (Wildman–Crippen LogP) is 5.46. The Labute approximate surface area is 128 Å². The van der Waals surface area contributed by atoms with Crippen LogP contribution in [0, 0.1) is 33.1 Å². The smallest absolute Gasteiger partial charge is 0.0687 e. The Morgan fingerprint density at radius 3 is 1.95 bits per heavy atom. The number of hydrogen-bond acceptors (Lipinski definition) is 1. The maximum atomic E-state index is 8.58. The molecule has 110 valence electrons. The molecule has 1 N–H and O–H groups in total. The molecule has 2 aromatic rings. The molecule has 0 spiro atoms. The molecule has 0 saturated heterocycles. The molecule has 0 bridgehead atoms. The minimum absolute atomic E-state index is 0.521. The average molecular weight is 279 g/mol. The number of benzene rings is 2. The highest BCUT2D eigenvalue weighted by molar-refractivity contribution is 6.12. The van der Waals surface area contributed by atoms with Crippen molar-refractivity contribution in [3.8, 4) is 0 Å². The molecule has 0 heterocycles. The molecule has 0 aliphatic rings. The fourth-order valence-electron chi connectivity index (χ4n) is 3.01. The molecular formula is C20H25N. The SMILES string of the molecule is Cc1cc(C)cc(C(=N)c2ccc(C(C)C)c(C)c2C)c1. The molecule has 0 fully saturated rings.